The fourth-order valence-electron chi connectivity index (χ4n) is 6.73. The van der Waals surface area contributed by atoms with Gasteiger partial charge in [0, 0.05) is 53.9 Å². The second-order valence-electron chi connectivity index (χ2n) is 12.5. The fraction of sp³-hybridized carbons (Fsp3) is 0.444. The number of hydrogen-bond acceptors (Lipinski definition) is 6. The maximum atomic E-state index is 13.4. The van der Waals surface area contributed by atoms with E-state index in [2.05, 4.69) is 9.74 Å². The highest BCUT2D eigenvalue weighted by molar-refractivity contribution is 7.13. The normalized spacial score (nSPS) is 17.4. The Kier molecular flexibility index (Phi) is 9.97. The summed E-state index contributed by atoms with van der Waals surface area (Å²) in [6.45, 7) is 17.3. The zero-order valence-electron chi connectivity index (χ0n) is 25.9. The predicted octanol–water partition coefficient (Wildman–Crippen LogP) is 7.15. The molecular weight excluding hydrogens is 570 g/mol. The zero-order valence-corrected chi connectivity index (χ0v) is 26.8. The Labute approximate surface area is 264 Å². The lowest BCUT2D eigenvalue weighted by molar-refractivity contribution is -0.152. The van der Waals surface area contributed by atoms with E-state index in [1.807, 2.05) is 61.2 Å². The van der Waals surface area contributed by atoms with Gasteiger partial charge in [-0.1, -0.05) is 48.5 Å². The van der Waals surface area contributed by atoms with Gasteiger partial charge in [0.05, 0.1) is 13.1 Å². The van der Waals surface area contributed by atoms with Crippen LogP contribution in [0, 0.1) is 12.5 Å². The van der Waals surface area contributed by atoms with Crippen molar-refractivity contribution >= 4 is 45.5 Å². The molecule has 3 aromatic rings. The van der Waals surface area contributed by atoms with Crippen LogP contribution < -0.4 is 0 Å². The third-order valence-electron chi connectivity index (χ3n) is 8.68. The van der Waals surface area contributed by atoms with E-state index in [1.54, 1.807) is 13.0 Å². The molecule has 44 heavy (non-hydrogen) atoms. The molecule has 0 saturated carbocycles. The Bertz CT molecular complexity index is 1610. The molecule has 2 aliphatic heterocycles. The van der Waals surface area contributed by atoms with Gasteiger partial charge in [-0.05, 0) is 75.3 Å². The molecule has 230 valence electrons. The molecular formula is C36H41N3O4S. The van der Waals surface area contributed by atoms with Crippen LogP contribution in [0.1, 0.15) is 72.1 Å². The average molecular weight is 612 g/mol. The van der Waals surface area contributed by atoms with Crippen LogP contribution in [0.5, 0.6) is 0 Å². The largest absolute Gasteiger partial charge is 0.457 e. The number of carbonyl (C=O) groups excluding carboxylic acids is 3. The molecule has 1 amide bonds. The van der Waals surface area contributed by atoms with E-state index in [0.717, 1.165) is 58.4 Å². The maximum Gasteiger partial charge on any atom is 0.330 e. The highest BCUT2D eigenvalue weighted by Gasteiger charge is 2.31. The molecule has 7 nitrogen and oxygen atoms in total. The number of thiophene rings is 1. The lowest BCUT2D eigenvalue weighted by Crippen LogP contribution is -2.42. The number of ether oxygens (including phenoxy) is 1. The summed E-state index contributed by atoms with van der Waals surface area (Å²) < 4.78 is 5.66. The van der Waals surface area contributed by atoms with Crippen molar-refractivity contribution in [1.29, 1.82) is 0 Å². The summed E-state index contributed by atoms with van der Waals surface area (Å²) in [5.41, 5.74) is 1.76. The molecule has 1 unspecified atom stereocenters. The van der Waals surface area contributed by atoms with Gasteiger partial charge in [-0.15, -0.1) is 0 Å². The molecule has 0 spiro atoms. The van der Waals surface area contributed by atoms with Gasteiger partial charge in [-0.2, -0.15) is 11.3 Å². The minimum Gasteiger partial charge on any atom is -0.457 e. The minimum atomic E-state index is -0.533. The number of likely N-dealkylation sites (tertiary alicyclic amines) is 1. The molecule has 2 aliphatic rings. The van der Waals surface area contributed by atoms with Crippen LogP contribution in [0.2, 0.25) is 0 Å². The number of rotatable bonds is 10. The monoisotopic (exact) mass is 611 g/mol. The molecule has 8 heteroatoms. The molecule has 1 fully saturated rings. The Morgan fingerprint density at radius 1 is 1.14 bits per heavy atom. The first-order chi connectivity index (χ1) is 21.2. The number of amides is 1. The third-order valence-corrected chi connectivity index (χ3v) is 9.89. The van der Waals surface area contributed by atoms with E-state index in [1.165, 1.54) is 17.4 Å². The molecule has 5 rings (SSSR count). The summed E-state index contributed by atoms with van der Waals surface area (Å²) in [5, 5.41) is 1.96. The summed E-state index contributed by atoms with van der Waals surface area (Å²) in [4.78, 5) is 48.6. The van der Waals surface area contributed by atoms with Crippen LogP contribution in [-0.4, -0.2) is 59.2 Å². The first-order valence-corrected chi connectivity index (χ1v) is 16.4. The van der Waals surface area contributed by atoms with Gasteiger partial charge >= 0.3 is 5.97 Å². The van der Waals surface area contributed by atoms with Crippen molar-refractivity contribution in [2.24, 2.45) is 5.92 Å². The van der Waals surface area contributed by atoms with E-state index < -0.39 is 5.60 Å². The third kappa shape index (κ3) is 7.46. The van der Waals surface area contributed by atoms with E-state index in [-0.39, 0.29) is 24.1 Å². The number of benzene rings is 2. The van der Waals surface area contributed by atoms with Gasteiger partial charge in [0.25, 0.3) is 0 Å². The van der Waals surface area contributed by atoms with Crippen LogP contribution in [0.15, 0.2) is 54.6 Å². The van der Waals surface area contributed by atoms with Crippen LogP contribution >= 0.6 is 11.3 Å². The van der Waals surface area contributed by atoms with Gasteiger partial charge in [0.15, 0.2) is 5.78 Å². The smallest absolute Gasteiger partial charge is 0.330 e. The number of Topliss-reactive ketones (excluding diaryl/α,β-unsaturated/α-hetero) is 1. The SMILES string of the molecule is [C-]#[N+]c1c(CC(=O)c2cccc3ccccc23)sc2c1CCN(C(=O)CCN1CCCC(CC(C)(C)OC(=O)/C=C/C)C1)C2. The molecule has 1 atom stereocenters. The van der Waals surface area contributed by atoms with E-state index >= 15 is 0 Å². The summed E-state index contributed by atoms with van der Waals surface area (Å²) >= 11 is 1.52. The molecule has 2 aromatic carbocycles. The molecule has 1 aromatic heterocycles. The van der Waals surface area contributed by atoms with Crippen LogP contribution in [0.4, 0.5) is 5.69 Å². The summed E-state index contributed by atoms with van der Waals surface area (Å²) in [7, 11) is 0. The van der Waals surface area contributed by atoms with Crippen molar-refractivity contribution in [2.45, 2.75) is 71.4 Å². The number of nitrogens with zero attached hydrogens (tertiary/aromatic N) is 3. The van der Waals surface area contributed by atoms with Crippen molar-refractivity contribution in [3.05, 3.63) is 86.9 Å². The first kappa shape index (κ1) is 31.6. The van der Waals surface area contributed by atoms with Crippen LogP contribution in [-0.2, 0) is 33.7 Å². The lowest BCUT2D eigenvalue weighted by Gasteiger charge is -2.37. The number of hydrogen-bond donors (Lipinski definition) is 0. The highest BCUT2D eigenvalue weighted by Crippen LogP contribution is 2.40. The lowest BCUT2D eigenvalue weighted by atomic mass is 9.87. The number of allylic oxidation sites excluding steroid dienone is 1. The summed E-state index contributed by atoms with van der Waals surface area (Å²) in [6, 6.07) is 13.6. The van der Waals surface area contributed by atoms with Crippen molar-refractivity contribution in [1.82, 2.24) is 9.80 Å². The predicted molar refractivity (Wildman–Crippen MR) is 175 cm³/mol. The minimum absolute atomic E-state index is 0.0115. The number of carbonyl (C=O) groups is 3. The topological polar surface area (TPSA) is 71.3 Å². The number of fused-ring (bicyclic) bond motifs is 2. The van der Waals surface area contributed by atoms with Gasteiger partial charge in [0.2, 0.25) is 11.6 Å². The Hall–Kier alpha value is -3.80. The fourth-order valence-corrected chi connectivity index (χ4v) is 8.04. The number of piperidine rings is 1. The van der Waals surface area contributed by atoms with E-state index in [4.69, 9.17) is 11.3 Å². The van der Waals surface area contributed by atoms with Crippen LogP contribution in [0.25, 0.3) is 15.6 Å². The quantitative estimate of drug-likeness (QED) is 0.105. The van der Waals surface area contributed by atoms with Gasteiger partial charge in [0.1, 0.15) is 5.60 Å². The van der Waals surface area contributed by atoms with Gasteiger partial charge < -0.3 is 14.5 Å². The highest BCUT2D eigenvalue weighted by atomic mass is 32.1. The van der Waals surface area contributed by atoms with Crippen molar-refractivity contribution < 1.29 is 19.1 Å². The molecule has 0 N–H and O–H groups in total. The second kappa shape index (κ2) is 13.9. The molecule has 3 heterocycles. The maximum absolute atomic E-state index is 13.4. The summed E-state index contributed by atoms with van der Waals surface area (Å²) in [5.74, 6) is 0.248. The Morgan fingerprint density at radius 3 is 2.73 bits per heavy atom. The van der Waals surface area contributed by atoms with Crippen molar-refractivity contribution in [2.75, 3.05) is 26.2 Å². The second-order valence-corrected chi connectivity index (χ2v) is 13.7. The standard InChI is InChI=1S/C36H41N3O4S/c1-5-10-34(42)43-36(2,3)22-25-11-9-18-38(23-25)19-17-33(41)39-20-16-29-32(24-39)44-31(35(29)37-4)21-30(40)28-15-8-13-26-12-6-7-14-27(26)28/h5-8,10,12-15,25H,9,11,16-24H2,1-3H3/b10-5+. The average Bonchev–Trinajstić information content (AvgIpc) is 3.35. The Balaban J connectivity index is 1.17. The van der Waals surface area contributed by atoms with Gasteiger partial charge in [-0.25, -0.2) is 9.64 Å². The molecule has 1 saturated heterocycles. The summed E-state index contributed by atoms with van der Waals surface area (Å²) in [6.07, 6.45) is 7.39. The molecule has 0 aliphatic carbocycles. The zero-order chi connectivity index (χ0) is 31.3. The van der Waals surface area contributed by atoms with Crippen molar-refractivity contribution in [3.63, 3.8) is 0 Å². The molecule has 0 radical (unpaired) electrons. The van der Waals surface area contributed by atoms with E-state index in [0.29, 0.717) is 49.6 Å². The first-order valence-electron chi connectivity index (χ1n) is 15.5. The molecule has 0 bridgehead atoms. The van der Waals surface area contributed by atoms with Crippen molar-refractivity contribution in [3.8, 4) is 0 Å². The van der Waals surface area contributed by atoms with E-state index in [9.17, 15) is 14.4 Å². The number of esters is 1. The van der Waals surface area contributed by atoms with Gasteiger partial charge in [-0.3, -0.25) is 9.59 Å². The number of ketones is 1. The van der Waals surface area contributed by atoms with Crippen LogP contribution in [0.3, 0.4) is 0 Å². The Morgan fingerprint density at radius 2 is 1.93 bits per heavy atom.